The lowest BCUT2D eigenvalue weighted by atomic mass is 10.1. The summed E-state index contributed by atoms with van der Waals surface area (Å²) in [6, 6.07) is 13.6. The first kappa shape index (κ1) is 20.0. The predicted molar refractivity (Wildman–Crippen MR) is 113 cm³/mol. The summed E-state index contributed by atoms with van der Waals surface area (Å²) in [5.41, 5.74) is 1.33. The molecule has 3 aromatic rings. The second-order valence-electron chi connectivity index (χ2n) is 6.96. The SMILES string of the molecule is Cc1cc(=O)c(C(=O)N[C@@H](C)c2ccc3c(c2)OCCO3)nn1-c1ccccc1Cl. The zero-order valence-electron chi connectivity index (χ0n) is 16.5. The van der Waals surface area contributed by atoms with Gasteiger partial charge < -0.3 is 14.8 Å². The van der Waals surface area contributed by atoms with E-state index in [1.165, 1.54) is 10.7 Å². The summed E-state index contributed by atoms with van der Waals surface area (Å²) < 4.78 is 12.6. The van der Waals surface area contributed by atoms with Crippen molar-refractivity contribution in [1.82, 2.24) is 15.1 Å². The van der Waals surface area contributed by atoms with Gasteiger partial charge in [0.1, 0.15) is 13.2 Å². The Balaban J connectivity index is 1.61. The van der Waals surface area contributed by atoms with Gasteiger partial charge in [0.05, 0.1) is 16.8 Å². The van der Waals surface area contributed by atoms with E-state index in [2.05, 4.69) is 10.4 Å². The lowest BCUT2D eigenvalue weighted by Gasteiger charge is -2.21. The molecule has 154 valence electrons. The summed E-state index contributed by atoms with van der Waals surface area (Å²) in [6.07, 6.45) is 0. The minimum absolute atomic E-state index is 0.204. The Bertz CT molecular complexity index is 1180. The standard InChI is InChI=1S/C22H20ClN3O4/c1-13-11-18(27)21(25-26(13)17-6-4-3-5-16(17)23)22(28)24-14(2)15-7-8-19-20(12-15)30-10-9-29-19/h3-8,11-12,14H,9-10H2,1-2H3,(H,24,28)/t14-/m0/s1. The van der Waals surface area contributed by atoms with Gasteiger partial charge in [-0.05, 0) is 43.7 Å². The normalized spacial score (nSPS) is 13.6. The van der Waals surface area contributed by atoms with Gasteiger partial charge in [-0.1, -0.05) is 29.8 Å². The highest BCUT2D eigenvalue weighted by molar-refractivity contribution is 6.32. The van der Waals surface area contributed by atoms with Crippen LogP contribution in [0.3, 0.4) is 0 Å². The highest BCUT2D eigenvalue weighted by Gasteiger charge is 2.20. The van der Waals surface area contributed by atoms with Crippen molar-refractivity contribution in [3.8, 4) is 17.2 Å². The van der Waals surface area contributed by atoms with E-state index in [1.54, 1.807) is 31.2 Å². The molecule has 30 heavy (non-hydrogen) atoms. The number of hydrogen-bond acceptors (Lipinski definition) is 5. The van der Waals surface area contributed by atoms with Crippen LogP contribution in [-0.2, 0) is 0 Å². The molecule has 2 heterocycles. The monoisotopic (exact) mass is 425 g/mol. The number of aryl methyl sites for hydroxylation is 1. The van der Waals surface area contributed by atoms with Crippen LogP contribution in [0.1, 0.15) is 34.7 Å². The van der Waals surface area contributed by atoms with Gasteiger partial charge in [-0.2, -0.15) is 5.10 Å². The summed E-state index contributed by atoms with van der Waals surface area (Å²) in [5, 5.41) is 7.58. The number of fused-ring (bicyclic) bond motifs is 1. The molecule has 7 nitrogen and oxygen atoms in total. The number of nitrogens with one attached hydrogen (secondary N) is 1. The van der Waals surface area contributed by atoms with Gasteiger partial charge in [0, 0.05) is 11.8 Å². The summed E-state index contributed by atoms with van der Waals surface area (Å²) in [7, 11) is 0. The number of nitrogens with zero attached hydrogens (tertiary/aromatic N) is 2. The molecule has 0 radical (unpaired) electrons. The fraction of sp³-hybridized carbons (Fsp3) is 0.227. The van der Waals surface area contributed by atoms with Crippen molar-refractivity contribution >= 4 is 17.5 Å². The van der Waals surface area contributed by atoms with Crippen LogP contribution >= 0.6 is 11.6 Å². The van der Waals surface area contributed by atoms with Crippen LogP contribution in [0.2, 0.25) is 5.02 Å². The highest BCUT2D eigenvalue weighted by atomic mass is 35.5. The molecule has 1 aromatic heterocycles. The Morgan fingerprint density at radius 1 is 1.13 bits per heavy atom. The molecule has 1 aliphatic heterocycles. The highest BCUT2D eigenvalue weighted by Crippen LogP contribution is 2.32. The van der Waals surface area contributed by atoms with E-state index in [9.17, 15) is 9.59 Å². The van der Waals surface area contributed by atoms with Crippen molar-refractivity contribution in [3.63, 3.8) is 0 Å². The fourth-order valence-electron chi connectivity index (χ4n) is 3.25. The van der Waals surface area contributed by atoms with E-state index in [1.807, 2.05) is 25.1 Å². The minimum Gasteiger partial charge on any atom is -0.486 e. The second-order valence-corrected chi connectivity index (χ2v) is 7.37. The van der Waals surface area contributed by atoms with Gasteiger partial charge >= 0.3 is 0 Å². The predicted octanol–water partition coefficient (Wildman–Crippen LogP) is 3.46. The fourth-order valence-corrected chi connectivity index (χ4v) is 3.47. The molecule has 0 unspecified atom stereocenters. The van der Waals surface area contributed by atoms with Gasteiger partial charge in [-0.15, -0.1) is 0 Å². The molecule has 1 amide bonds. The number of hydrogen-bond donors (Lipinski definition) is 1. The molecule has 2 aromatic carbocycles. The molecule has 0 saturated carbocycles. The van der Waals surface area contributed by atoms with E-state index in [0.29, 0.717) is 41.1 Å². The maximum atomic E-state index is 12.8. The molecule has 0 saturated heterocycles. The molecule has 0 bridgehead atoms. The first-order chi connectivity index (χ1) is 14.4. The van der Waals surface area contributed by atoms with Crippen molar-refractivity contribution in [3.05, 3.63) is 80.7 Å². The first-order valence-corrected chi connectivity index (χ1v) is 9.88. The van der Waals surface area contributed by atoms with Gasteiger partial charge in [0.2, 0.25) is 5.43 Å². The van der Waals surface area contributed by atoms with E-state index < -0.39 is 11.3 Å². The van der Waals surface area contributed by atoms with Crippen molar-refractivity contribution < 1.29 is 14.3 Å². The van der Waals surface area contributed by atoms with Crippen LogP contribution in [0.5, 0.6) is 11.5 Å². The maximum Gasteiger partial charge on any atom is 0.276 e. The number of rotatable bonds is 4. The topological polar surface area (TPSA) is 82.5 Å². The zero-order chi connectivity index (χ0) is 21.3. The molecule has 1 N–H and O–H groups in total. The van der Waals surface area contributed by atoms with Crippen molar-refractivity contribution in [1.29, 1.82) is 0 Å². The summed E-state index contributed by atoms with van der Waals surface area (Å²) in [4.78, 5) is 25.3. The van der Waals surface area contributed by atoms with Gasteiger partial charge in [-0.3, -0.25) is 9.59 Å². The van der Waals surface area contributed by atoms with Crippen molar-refractivity contribution in [2.45, 2.75) is 19.9 Å². The number of benzene rings is 2. The van der Waals surface area contributed by atoms with E-state index in [-0.39, 0.29) is 11.7 Å². The largest absolute Gasteiger partial charge is 0.486 e. The molecule has 1 aliphatic rings. The molecule has 0 fully saturated rings. The van der Waals surface area contributed by atoms with Gasteiger partial charge in [0.15, 0.2) is 17.2 Å². The third-order valence-electron chi connectivity index (χ3n) is 4.82. The average molecular weight is 426 g/mol. The number of para-hydroxylation sites is 1. The Hall–Kier alpha value is -3.32. The lowest BCUT2D eigenvalue weighted by molar-refractivity contribution is 0.0931. The Morgan fingerprint density at radius 3 is 2.63 bits per heavy atom. The third-order valence-corrected chi connectivity index (χ3v) is 5.14. The Kier molecular flexibility index (Phi) is 5.46. The van der Waals surface area contributed by atoms with Gasteiger partial charge in [0.25, 0.3) is 5.91 Å². The van der Waals surface area contributed by atoms with E-state index >= 15 is 0 Å². The number of aromatic nitrogens is 2. The third kappa shape index (κ3) is 3.89. The maximum absolute atomic E-state index is 12.8. The van der Waals surface area contributed by atoms with Crippen molar-refractivity contribution in [2.24, 2.45) is 0 Å². The number of halogens is 1. The summed E-state index contributed by atoms with van der Waals surface area (Å²) >= 11 is 6.26. The average Bonchev–Trinajstić information content (AvgIpc) is 2.74. The van der Waals surface area contributed by atoms with Crippen LogP contribution in [0.4, 0.5) is 0 Å². The number of carbonyl (C=O) groups is 1. The van der Waals surface area contributed by atoms with Crippen LogP contribution in [0.15, 0.2) is 53.3 Å². The van der Waals surface area contributed by atoms with E-state index in [4.69, 9.17) is 21.1 Å². The molecular weight excluding hydrogens is 406 g/mol. The number of carbonyl (C=O) groups excluding carboxylic acids is 1. The molecule has 0 spiro atoms. The lowest BCUT2D eigenvalue weighted by Crippen LogP contribution is -2.33. The van der Waals surface area contributed by atoms with Gasteiger partial charge in [-0.25, -0.2) is 4.68 Å². The molecule has 4 rings (SSSR count). The smallest absolute Gasteiger partial charge is 0.276 e. The quantitative estimate of drug-likeness (QED) is 0.692. The van der Waals surface area contributed by atoms with Crippen LogP contribution in [-0.4, -0.2) is 28.9 Å². The second kappa shape index (κ2) is 8.20. The van der Waals surface area contributed by atoms with E-state index in [0.717, 1.165) is 5.56 Å². The van der Waals surface area contributed by atoms with Crippen LogP contribution in [0, 0.1) is 6.92 Å². The minimum atomic E-state index is -0.566. The van der Waals surface area contributed by atoms with Crippen molar-refractivity contribution in [2.75, 3.05) is 13.2 Å². The molecular formula is C22H20ClN3O4. The first-order valence-electron chi connectivity index (χ1n) is 9.50. The summed E-state index contributed by atoms with van der Waals surface area (Å²) in [5.74, 6) is 0.740. The Morgan fingerprint density at radius 2 is 1.87 bits per heavy atom. The molecule has 1 atom stereocenters. The number of amides is 1. The molecule has 8 heteroatoms. The van der Waals surface area contributed by atoms with Crippen LogP contribution in [0.25, 0.3) is 5.69 Å². The molecule has 0 aliphatic carbocycles. The number of ether oxygens (including phenoxy) is 2. The van der Waals surface area contributed by atoms with Crippen LogP contribution < -0.4 is 20.2 Å². The summed E-state index contributed by atoms with van der Waals surface area (Å²) in [6.45, 7) is 4.54. The Labute approximate surface area is 178 Å². The zero-order valence-corrected chi connectivity index (χ0v) is 17.3.